The van der Waals surface area contributed by atoms with Crippen LogP contribution in [0.3, 0.4) is 0 Å². The molecule has 1 aromatic heterocycles. The molecule has 1 aromatic rings. The highest BCUT2D eigenvalue weighted by atomic mass is 79.9. The lowest BCUT2D eigenvalue weighted by atomic mass is 10.3. The molecule has 4 nitrogen and oxygen atoms in total. The van der Waals surface area contributed by atoms with Crippen molar-refractivity contribution in [3.05, 3.63) is 22.6 Å². The van der Waals surface area contributed by atoms with Gasteiger partial charge in [-0.2, -0.15) is 0 Å². The van der Waals surface area contributed by atoms with Crippen molar-refractivity contribution in [1.29, 1.82) is 0 Å². The zero-order valence-corrected chi connectivity index (χ0v) is 9.37. The van der Waals surface area contributed by atoms with Gasteiger partial charge in [-0.1, -0.05) is 0 Å². The average Bonchev–Trinajstić information content (AvgIpc) is 2.45. The van der Waals surface area contributed by atoms with Crippen LogP contribution in [0, 0.1) is 5.82 Å². The lowest BCUT2D eigenvalue weighted by Crippen LogP contribution is -2.29. The number of aromatic nitrogens is 1. The van der Waals surface area contributed by atoms with E-state index in [2.05, 4.69) is 20.9 Å². The van der Waals surface area contributed by atoms with Crippen LogP contribution in [0.15, 0.2) is 16.7 Å². The van der Waals surface area contributed by atoms with Crippen LogP contribution in [-0.2, 0) is 4.79 Å². The summed E-state index contributed by atoms with van der Waals surface area (Å²) in [6, 6.07) is 1.04. The van der Waals surface area contributed by atoms with Crippen molar-refractivity contribution in [2.45, 2.75) is 12.5 Å². The first-order chi connectivity index (χ1) is 7.08. The third kappa shape index (κ3) is 2.00. The molecule has 0 saturated carbocycles. The van der Waals surface area contributed by atoms with Crippen LogP contribution < -0.4 is 10.6 Å². The maximum Gasteiger partial charge on any atom is 0.229 e. The highest BCUT2D eigenvalue weighted by molar-refractivity contribution is 9.10. The Balaban J connectivity index is 2.34. The lowest BCUT2D eigenvalue weighted by molar-refractivity contribution is -0.117. The van der Waals surface area contributed by atoms with Gasteiger partial charge in [0.15, 0.2) is 11.6 Å². The van der Waals surface area contributed by atoms with Crippen LogP contribution in [0.4, 0.5) is 10.2 Å². The Morgan fingerprint density at radius 1 is 1.67 bits per heavy atom. The number of carbonyl (C=O) groups excluding carboxylic acids is 1. The first-order valence-electron chi connectivity index (χ1n) is 4.45. The summed E-state index contributed by atoms with van der Waals surface area (Å²) in [5, 5.41) is 0. The summed E-state index contributed by atoms with van der Waals surface area (Å²) in [6.07, 6.45) is 1.70. The summed E-state index contributed by atoms with van der Waals surface area (Å²) >= 11 is 3.10. The molecule has 1 aliphatic rings. The number of rotatable bonds is 1. The van der Waals surface area contributed by atoms with E-state index in [1.807, 2.05) is 0 Å². The van der Waals surface area contributed by atoms with Crippen molar-refractivity contribution in [1.82, 2.24) is 4.98 Å². The highest BCUT2D eigenvalue weighted by Crippen LogP contribution is 2.23. The van der Waals surface area contributed by atoms with Crippen molar-refractivity contribution < 1.29 is 9.18 Å². The molecular weight excluding hydrogens is 265 g/mol. The van der Waals surface area contributed by atoms with Crippen molar-refractivity contribution in [2.75, 3.05) is 11.4 Å². The van der Waals surface area contributed by atoms with Gasteiger partial charge in [-0.15, -0.1) is 0 Å². The van der Waals surface area contributed by atoms with Crippen LogP contribution in [0.5, 0.6) is 0 Å². The molecule has 0 aromatic carbocycles. The van der Waals surface area contributed by atoms with E-state index >= 15 is 0 Å². The number of carbonyl (C=O) groups is 1. The van der Waals surface area contributed by atoms with Crippen molar-refractivity contribution in [2.24, 2.45) is 5.73 Å². The zero-order chi connectivity index (χ0) is 11.0. The SMILES string of the molecule is NC1CC(=O)N(c2ncc(Br)cc2F)C1. The molecule has 1 saturated heterocycles. The van der Waals surface area contributed by atoms with Gasteiger partial charge >= 0.3 is 0 Å². The molecule has 1 aliphatic heterocycles. The maximum atomic E-state index is 13.5. The van der Waals surface area contributed by atoms with Crippen LogP contribution in [0.1, 0.15) is 6.42 Å². The fourth-order valence-electron chi connectivity index (χ4n) is 1.55. The number of anilines is 1. The van der Waals surface area contributed by atoms with E-state index in [9.17, 15) is 9.18 Å². The normalized spacial score (nSPS) is 21.1. The summed E-state index contributed by atoms with van der Waals surface area (Å²) in [7, 11) is 0. The fourth-order valence-corrected chi connectivity index (χ4v) is 1.85. The predicted octanol–water partition coefficient (Wildman–Crippen LogP) is 1.05. The van der Waals surface area contributed by atoms with Gasteiger partial charge < -0.3 is 5.73 Å². The van der Waals surface area contributed by atoms with Crippen LogP contribution in [0.25, 0.3) is 0 Å². The molecular formula is C9H9BrFN3O. The van der Waals surface area contributed by atoms with Crippen LogP contribution in [-0.4, -0.2) is 23.5 Å². The first-order valence-corrected chi connectivity index (χ1v) is 5.24. The van der Waals surface area contributed by atoms with Gasteiger partial charge in [-0.25, -0.2) is 9.37 Å². The Hall–Kier alpha value is -1.01. The lowest BCUT2D eigenvalue weighted by Gasteiger charge is -2.15. The van der Waals surface area contributed by atoms with Gasteiger partial charge in [0, 0.05) is 29.7 Å². The summed E-state index contributed by atoms with van der Waals surface area (Å²) in [4.78, 5) is 16.6. The number of nitrogens with two attached hydrogens (primary N) is 1. The van der Waals surface area contributed by atoms with E-state index in [0.717, 1.165) is 0 Å². The van der Waals surface area contributed by atoms with Crippen molar-refractivity contribution in [3.63, 3.8) is 0 Å². The Morgan fingerprint density at radius 2 is 2.40 bits per heavy atom. The molecule has 1 amide bonds. The Bertz CT molecular complexity index is 412. The van der Waals surface area contributed by atoms with E-state index in [0.29, 0.717) is 11.0 Å². The van der Waals surface area contributed by atoms with E-state index in [1.54, 1.807) is 0 Å². The fraction of sp³-hybridized carbons (Fsp3) is 0.333. The number of nitrogens with zero attached hydrogens (tertiary/aromatic N) is 2. The standard InChI is InChI=1S/C9H9BrFN3O/c10-5-1-7(11)9(13-3-5)14-4-6(12)2-8(14)15/h1,3,6H,2,4,12H2. The molecule has 0 aliphatic carbocycles. The molecule has 0 bridgehead atoms. The number of amides is 1. The molecule has 1 unspecified atom stereocenters. The Kier molecular flexibility index (Phi) is 2.70. The largest absolute Gasteiger partial charge is 0.326 e. The quantitative estimate of drug-likeness (QED) is 0.832. The summed E-state index contributed by atoms with van der Waals surface area (Å²) in [5.74, 6) is -0.654. The van der Waals surface area contributed by atoms with Gasteiger partial charge in [0.05, 0.1) is 0 Å². The van der Waals surface area contributed by atoms with E-state index in [1.165, 1.54) is 17.2 Å². The molecule has 2 heterocycles. The minimum absolute atomic E-state index is 0.0520. The minimum Gasteiger partial charge on any atom is -0.326 e. The Morgan fingerprint density at radius 3 is 2.93 bits per heavy atom. The van der Waals surface area contributed by atoms with Crippen LogP contribution in [0.2, 0.25) is 0 Å². The highest BCUT2D eigenvalue weighted by Gasteiger charge is 2.30. The third-order valence-electron chi connectivity index (χ3n) is 2.20. The monoisotopic (exact) mass is 273 g/mol. The van der Waals surface area contributed by atoms with Gasteiger partial charge in [-0.3, -0.25) is 9.69 Å². The molecule has 1 atom stereocenters. The van der Waals surface area contributed by atoms with Gasteiger partial charge in [0.1, 0.15) is 0 Å². The predicted molar refractivity (Wildman–Crippen MR) is 56.8 cm³/mol. The topological polar surface area (TPSA) is 59.2 Å². The van der Waals surface area contributed by atoms with E-state index < -0.39 is 5.82 Å². The number of hydrogen-bond donors (Lipinski definition) is 1. The molecule has 0 spiro atoms. The molecule has 6 heteroatoms. The molecule has 15 heavy (non-hydrogen) atoms. The number of hydrogen-bond acceptors (Lipinski definition) is 3. The Labute approximate surface area is 94.4 Å². The van der Waals surface area contributed by atoms with Crippen molar-refractivity contribution in [3.8, 4) is 0 Å². The third-order valence-corrected chi connectivity index (χ3v) is 2.63. The summed E-state index contributed by atoms with van der Waals surface area (Å²) < 4.78 is 14.0. The number of halogens is 2. The minimum atomic E-state index is -0.521. The second kappa shape index (κ2) is 3.86. The maximum absolute atomic E-state index is 13.5. The van der Waals surface area contributed by atoms with Gasteiger partial charge in [-0.05, 0) is 22.0 Å². The molecule has 2 N–H and O–H groups in total. The average molecular weight is 274 g/mol. The summed E-state index contributed by atoms with van der Waals surface area (Å²) in [6.45, 7) is 0.324. The first kappa shape index (κ1) is 10.5. The molecule has 0 radical (unpaired) electrons. The second-order valence-electron chi connectivity index (χ2n) is 3.43. The van der Waals surface area contributed by atoms with Gasteiger partial charge in [0.25, 0.3) is 0 Å². The summed E-state index contributed by atoms with van der Waals surface area (Å²) in [5.41, 5.74) is 5.61. The van der Waals surface area contributed by atoms with Crippen molar-refractivity contribution >= 4 is 27.7 Å². The smallest absolute Gasteiger partial charge is 0.229 e. The molecule has 2 rings (SSSR count). The molecule has 1 fully saturated rings. The van der Waals surface area contributed by atoms with Gasteiger partial charge in [0.2, 0.25) is 5.91 Å². The van der Waals surface area contributed by atoms with E-state index in [-0.39, 0.29) is 24.2 Å². The zero-order valence-electron chi connectivity index (χ0n) is 7.78. The number of pyridine rings is 1. The molecule has 80 valence electrons. The van der Waals surface area contributed by atoms with Crippen LogP contribution >= 0.6 is 15.9 Å². The second-order valence-corrected chi connectivity index (χ2v) is 4.34. The van der Waals surface area contributed by atoms with E-state index in [4.69, 9.17) is 5.73 Å².